The van der Waals surface area contributed by atoms with Crippen LogP contribution in [-0.2, 0) is 28.7 Å². The zero-order valence-electron chi connectivity index (χ0n) is 50.9. The van der Waals surface area contributed by atoms with Crippen molar-refractivity contribution in [3.8, 4) is 0 Å². The van der Waals surface area contributed by atoms with Gasteiger partial charge in [-0.15, -0.1) is 0 Å². The summed E-state index contributed by atoms with van der Waals surface area (Å²) in [5.41, 5.74) is -0.680. The molecule has 0 amide bonds. The lowest BCUT2D eigenvalue weighted by atomic mass is 9.53. The standard InChI is InChI=1S/C67H126O10/c1-4-5-6-37-46-55-66(57-48-39-30-24-18-14-10-12-16-21-27-34-43-52-62(70)71,56-47-38-29-23-17-13-9-7-8-11-15-20-26-33-42-51-61(68)69)67(65(76)77-60(2)3,59-50-41-32-36-45-54-64(74)75)58-49-40-31-25-19-22-28-35-44-53-63(72)73/h60H,4-59H2,1-3H3,(H,68,69)(H,70,71)(H,72,73)(H,74,75). The van der Waals surface area contributed by atoms with E-state index in [1.807, 2.05) is 13.8 Å². The molecule has 0 fully saturated rings. The first-order valence-electron chi connectivity index (χ1n) is 33.4. The third-order valence-corrected chi connectivity index (χ3v) is 17.1. The maximum Gasteiger partial charge on any atom is 0.312 e. The molecule has 10 heteroatoms. The molecule has 77 heavy (non-hydrogen) atoms. The fourth-order valence-electron chi connectivity index (χ4n) is 12.5. The molecular formula is C67H126O10. The quantitative estimate of drug-likeness (QED) is 0.0339. The van der Waals surface area contributed by atoms with Crippen molar-refractivity contribution in [3.63, 3.8) is 0 Å². The summed E-state index contributed by atoms with van der Waals surface area (Å²) in [5, 5.41) is 36.1. The third-order valence-electron chi connectivity index (χ3n) is 17.1. The minimum Gasteiger partial charge on any atom is -0.481 e. The van der Waals surface area contributed by atoms with E-state index >= 15 is 4.79 Å². The van der Waals surface area contributed by atoms with Gasteiger partial charge < -0.3 is 25.2 Å². The molecule has 0 aliphatic rings. The van der Waals surface area contributed by atoms with E-state index in [0.29, 0.717) is 19.3 Å². The predicted octanol–water partition coefficient (Wildman–Crippen LogP) is 21.1. The van der Waals surface area contributed by atoms with Gasteiger partial charge in [0.25, 0.3) is 0 Å². The van der Waals surface area contributed by atoms with Gasteiger partial charge in [0.05, 0.1) is 11.5 Å². The molecule has 0 saturated carbocycles. The van der Waals surface area contributed by atoms with Crippen molar-refractivity contribution < 1.29 is 49.1 Å². The summed E-state index contributed by atoms with van der Waals surface area (Å²) in [6.07, 6.45) is 59.8. The summed E-state index contributed by atoms with van der Waals surface area (Å²) in [4.78, 5) is 59.3. The Labute approximate surface area is 474 Å². The Morgan fingerprint density at radius 2 is 0.468 bits per heavy atom. The second-order valence-corrected chi connectivity index (χ2v) is 24.4. The van der Waals surface area contributed by atoms with Gasteiger partial charge in [0.1, 0.15) is 0 Å². The number of hydrogen-bond donors (Lipinski definition) is 4. The van der Waals surface area contributed by atoms with Gasteiger partial charge >= 0.3 is 29.8 Å². The number of carboxylic acids is 4. The van der Waals surface area contributed by atoms with E-state index in [4.69, 9.17) is 20.1 Å². The van der Waals surface area contributed by atoms with E-state index in [1.165, 1.54) is 167 Å². The van der Waals surface area contributed by atoms with E-state index in [2.05, 4.69) is 6.92 Å². The van der Waals surface area contributed by atoms with Crippen LogP contribution in [-0.4, -0.2) is 56.4 Å². The fourth-order valence-corrected chi connectivity index (χ4v) is 12.5. The number of carboxylic acid groups (broad SMARTS) is 4. The van der Waals surface area contributed by atoms with Crippen LogP contribution in [0, 0.1) is 10.8 Å². The largest absolute Gasteiger partial charge is 0.481 e. The second kappa shape index (κ2) is 54.0. The Morgan fingerprint density at radius 1 is 0.286 bits per heavy atom. The number of ether oxygens (including phenoxy) is 1. The molecule has 4 N–H and O–H groups in total. The molecule has 0 heterocycles. The van der Waals surface area contributed by atoms with Gasteiger partial charge in [-0.05, 0) is 77.0 Å². The summed E-state index contributed by atoms with van der Waals surface area (Å²) in [6.45, 7) is 6.34. The number of carbonyl (C=O) groups is 5. The molecule has 2 atom stereocenters. The van der Waals surface area contributed by atoms with Crippen molar-refractivity contribution in [1.29, 1.82) is 0 Å². The molecule has 0 spiro atoms. The summed E-state index contributed by atoms with van der Waals surface area (Å²) in [6, 6.07) is 0. The third kappa shape index (κ3) is 45.7. The maximum absolute atomic E-state index is 15.4. The van der Waals surface area contributed by atoms with E-state index < -0.39 is 29.3 Å². The van der Waals surface area contributed by atoms with Gasteiger partial charge in [0.2, 0.25) is 0 Å². The highest BCUT2D eigenvalue weighted by molar-refractivity contribution is 5.78. The number of unbranched alkanes of at least 4 members (excludes halogenated alkanes) is 42. The molecule has 0 aliphatic carbocycles. The Hall–Kier alpha value is -2.65. The number of hydrogen-bond acceptors (Lipinski definition) is 6. The highest BCUT2D eigenvalue weighted by atomic mass is 16.5. The fraction of sp³-hybridized carbons (Fsp3) is 0.925. The topological polar surface area (TPSA) is 175 Å². The molecule has 2 unspecified atom stereocenters. The molecular weight excluding hydrogens is 965 g/mol. The van der Waals surface area contributed by atoms with Gasteiger partial charge in [-0.25, -0.2) is 0 Å². The Balaban J connectivity index is 6.22. The van der Waals surface area contributed by atoms with Crippen LogP contribution in [0.3, 0.4) is 0 Å². The minimum atomic E-state index is -0.725. The van der Waals surface area contributed by atoms with Crippen LogP contribution < -0.4 is 0 Å². The van der Waals surface area contributed by atoms with Crippen LogP contribution in [0.15, 0.2) is 0 Å². The van der Waals surface area contributed by atoms with Gasteiger partial charge in [-0.1, -0.05) is 283 Å². The lowest BCUT2D eigenvalue weighted by Gasteiger charge is -2.51. The predicted molar refractivity (Wildman–Crippen MR) is 321 cm³/mol. The van der Waals surface area contributed by atoms with Crippen molar-refractivity contribution in [3.05, 3.63) is 0 Å². The number of aliphatic carboxylic acids is 4. The second-order valence-electron chi connectivity index (χ2n) is 24.4. The van der Waals surface area contributed by atoms with Gasteiger partial charge in [-0.3, -0.25) is 24.0 Å². The number of carbonyl (C=O) groups excluding carboxylic acids is 1. The summed E-state index contributed by atoms with van der Waals surface area (Å²) < 4.78 is 6.54. The highest BCUT2D eigenvalue weighted by Crippen LogP contribution is 2.57. The summed E-state index contributed by atoms with van der Waals surface area (Å²) in [5.74, 6) is -2.74. The molecule has 0 bridgehead atoms. The molecule has 0 aromatic heterocycles. The van der Waals surface area contributed by atoms with Crippen molar-refractivity contribution in [2.45, 2.75) is 386 Å². The minimum absolute atomic E-state index is 0.0595. The van der Waals surface area contributed by atoms with Crippen LogP contribution in [0.25, 0.3) is 0 Å². The zero-order valence-corrected chi connectivity index (χ0v) is 50.9. The zero-order chi connectivity index (χ0) is 56.8. The Kier molecular flexibility index (Phi) is 52.1. The monoisotopic (exact) mass is 1090 g/mol. The lowest BCUT2D eigenvalue weighted by Crippen LogP contribution is -2.50. The molecule has 0 saturated heterocycles. The molecule has 0 rings (SSSR count). The Bertz CT molecular complexity index is 1380. The van der Waals surface area contributed by atoms with Gasteiger partial charge in [0, 0.05) is 25.7 Å². The first-order chi connectivity index (χ1) is 37.3. The van der Waals surface area contributed by atoms with Crippen LogP contribution >= 0.6 is 0 Å². The summed E-state index contributed by atoms with van der Waals surface area (Å²) >= 11 is 0. The van der Waals surface area contributed by atoms with E-state index in [0.717, 1.165) is 161 Å². The first-order valence-corrected chi connectivity index (χ1v) is 33.4. The number of rotatable bonds is 63. The molecule has 0 aliphatic heterocycles. The molecule has 454 valence electrons. The molecule has 0 aromatic rings. The first kappa shape index (κ1) is 74.3. The van der Waals surface area contributed by atoms with Crippen LogP contribution in [0.4, 0.5) is 0 Å². The van der Waals surface area contributed by atoms with Gasteiger partial charge in [-0.2, -0.15) is 0 Å². The SMILES string of the molecule is CCCCCCCC(CCCCCCCCCCCCCCCCCC(=O)O)(CCCCCCCCCCCCCCCC(=O)O)C(CCCCCCCCCCCC(=O)O)(CCCCCCCC(=O)O)C(=O)OC(C)C. The summed E-state index contributed by atoms with van der Waals surface area (Å²) in [7, 11) is 0. The van der Waals surface area contributed by atoms with Crippen molar-refractivity contribution in [1.82, 2.24) is 0 Å². The van der Waals surface area contributed by atoms with Crippen LogP contribution in [0.1, 0.15) is 380 Å². The number of esters is 1. The Morgan fingerprint density at radius 3 is 0.662 bits per heavy atom. The lowest BCUT2D eigenvalue weighted by molar-refractivity contribution is -0.175. The molecule has 0 aromatic carbocycles. The van der Waals surface area contributed by atoms with Crippen molar-refractivity contribution in [2.24, 2.45) is 10.8 Å². The average Bonchev–Trinajstić information content (AvgIpc) is 3.40. The normalized spacial score (nSPS) is 13.2. The van der Waals surface area contributed by atoms with Crippen molar-refractivity contribution >= 4 is 29.8 Å². The molecule has 10 nitrogen and oxygen atoms in total. The molecule has 0 radical (unpaired) electrons. The van der Waals surface area contributed by atoms with Crippen LogP contribution in [0.2, 0.25) is 0 Å². The maximum atomic E-state index is 15.4. The van der Waals surface area contributed by atoms with Crippen molar-refractivity contribution in [2.75, 3.05) is 0 Å². The van der Waals surface area contributed by atoms with Gasteiger partial charge in [0.15, 0.2) is 0 Å². The highest BCUT2D eigenvalue weighted by Gasteiger charge is 2.55. The van der Waals surface area contributed by atoms with E-state index in [9.17, 15) is 24.3 Å². The average molecular weight is 1090 g/mol. The van der Waals surface area contributed by atoms with Crippen LogP contribution in [0.5, 0.6) is 0 Å². The van der Waals surface area contributed by atoms with E-state index in [1.54, 1.807) is 0 Å². The smallest absolute Gasteiger partial charge is 0.312 e. The van der Waals surface area contributed by atoms with E-state index in [-0.39, 0.29) is 30.3 Å².